The lowest BCUT2D eigenvalue weighted by atomic mass is 10.1. The van der Waals surface area contributed by atoms with Crippen molar-refractivity contribution in [2.45, 2.75) is 24.8 Å². The second-order valence-corrected chi connectivity index (χ2v) is 9.72. The molecular weight excluding hydrogens is 459 g/mol. The lowest BCUT2D eigenvalue weighted by molar-refractivity contribution is -0.123. The van der Waals surface area contributed by atoms with Crippen LogP contribution in [-0.2, 0) is 14.8 Å². The number of anilines is 1. The molecule has 0 aromatic heterocycles. The van der Waals surface area contributed by atoms with Crippen LogP contribution in [0.2, 0.25) is 0 Å². The molecule has 0 fully saturated rings. The maximum absolute atomic E-state index is 13.9. The van der Waals surface area contributed by atoms with Crippen molar-refractivity contribution in [3.63, 3.8) is 0 Å². The number of ether oxygens (including phenoxy) is 2. The van der Waals surface area contributed by atoms with Gasteiger partial charge in [0, 0.05) is 7.05 Å². The molecule has 3 aromatic carbocycles. The second kappa shape index (κ2) is 10.6. The molecule has 0 saturated heterocycles. The van der Waals surface area contributed by atoms with Gasteiger partial charge >= 0.3 is 0 Å². The fourth-order valence-electron chi connectivity index (χ4n) is 3.23. The number of methoxy groups -OCH3 is 1. The molecule has 1 amide bonds. The molecule has 0 unspecified atom stereocenters. The van der Waals surface area contributed by atoms with Crippen LogP contribution in [0.3, 0.4) is 0 Å². The minimum atomic E-state index is -3.70. The zero-order valence-corrected chi connectivity index (χ0v) is 20.2. The molecule has 1 atom stereocenters. The van der Waals surface area contributed by atoms with Crippen LogP contribution in [0.5, 0.6) is 11.5 Å². The van der Waals surface area contributed by atoms with E-state index >= 15 is 0 Å². The molecule has 0 aliphatic carbocycles. The third kappa shape index (κ3) is 5.85. The highest BCUT2D eigenvalue weighted by molar-refractivity contribution is 7.92. The SMILES string of the molecule is COc1ccc([C@H](C)NC(=O)COc2ccc(N(C)S(=O)(=O)c3ccc(C)cc3)cc2)cc1F. The highest BCUT2D eigenvalue weighted by atomic mass is 32.2. The van der Waals surface area contributed by atoms with Crippen LogP contribution in [0, 0.1) is 12.7 Å². The van der Waals surface area contributed by atoms with Crippen molar-refractivity contribution in [3.8, 4) is 11.5 Å². The van der Waals surface area contributed by atoms with Gasteiger partial charge < -0.3 is 14.8 Å². The Balaban J connectivity index is 1.57. The van der Waals surface area contributed by atoms with Gasteiger partial charge in [-0.3, -0.25) is 9.10 Å². The maximum Gasteiger partial charge on any atom is 0.264 e. The van der Waals surface area contributed by atoms with Gasteiger partial charge in [-0.25, -0.2) is 12.8 Å². The van der Waals surface area contributed by atoms with Gasteiger partial charge in [0.05, 0.1) is 23.7 Å². The molecule has 0 spiro atoms. The number of hydrogen-bond acceptors (Lipinski definition) is 5. The first kappa shape index (κ1) is 25.0. The van der Waals surface area contributed by atoms with Crippen LogP contribution < -0.4 is 19.1 Å². The van der Waals surface area contributed by atoms with E-state index in [0.29, 0.717) is 17.0 Å². The summed E-state index contributed by atoms with van der Waals surface area (Å²) in [6.07, 6.45) is 0. The number of rotatable bonds is 9. The summed E-state index contributed by atoms with van der Waals surface area (Å²) in [5, 5.41) is 2.74. The van der Waals surface area contributed by atoms with Crippen LogP contribution in [0.15, 0.2) is 71.6 Å². The van der Waals surface area contributed by atoms with Crippen molar-refractivity contribution >= 4 is 21.6 Å². The number of nitrogens with one attached hydrogen (secondary N) is 1. The Morgan fingerprint density at radius 3 is 2.29 bits per heavy atom. The molecule has 0 aliphatic heterocycles. The maximum atomic E-state index is 13.9. The summed E-state index contributed by atoms with van der Waals surface area (Å²) >= 11 is 0. The Hall–Kier alpha value is -3.59. The van der Waals surface area contributed by atoms with Gasteiger partial charge in [0.2, 0.25) is 0 Å². The minimum absolute atomic E-state index is 0.131. The lowest BCUT2D eigenvalue weighted by Gasteiger charge is -2.20. The normalized spacial score (nSPS) is 12.0. The van der Waals surface area contributed by atoms with Gasteiger partial charge in [-0.15, -0.1) is 0 Å². The summed E-state index contributed by atoms with van der Waals surface area (Å²) in [5.41, 5.74) is 2.01. The molecule has 3 rings (SSSR count). The van der Waals surface area contributed by atoms with Crippen molar-refractivity contribution in [1.82, 2.24) is 5.32 Å². The zero-order chi connectivity index (χ0) is 24.9. The fourth-order valence-corrected chi connectivity index (χ4v) is 4.42. The van der Waals surface area contributed by atoms with E-state index < -0.39 is 21.9 Å². The number of halogens is 1. The van der Waals surface area contributed by atoms with Crippen molar-refractivity contribution < 1.29 is 27.1 Å². The van der Waals surface area contributed by atoms with E-state index in [1.54, 1.807) is 61.5 Å². The molecule has 0 aliphatic rings. The molecule has 9 heteroatoms. The molecule has 3 aromatic rings. The van der Waals surface area contributed by atoms with Crippen molar-refractivity contribution in [3.05, 3.63) is 83.7 Å². The molecule has 180 valence electrons. The Bertz CT molecular complexity index is 1250. The van der Waals surface area contributed by atoms with E-state index in [0.717, 1.165) is 5.56 Å². The van der Waals surface area contributed by atoms with Gasteiger partial charge in [-0.2, -0.15) is 0 Å². The average Bonchev–Trinajstić information content (AvgIpc) is 2.82. The predicted octanol–water partition coefficient (Wildman–Crippen LogP) is 4.22. The van der Waals surface area contributed by atoms with Gasteiger partial charge in [0.1, 0.15) is 5.75 Å². The number of sulfonamides is 1. The number of carbonyl (C=O) groups excluding carboxylic acids is 1. The van der Waals surface area contributed by atoms with E-state index in [-0.39, 0.29) is 23.2 Å². The van der Waals surface area contributed by atoms with Crippen LogP contribution in [0.25, 0.3) is 0 Å². The van der Waals surface area contributed by atoms with Crippen molar-refractivity contribution in [2.75, 3.05) is 25.1 Å². The minimum Gasteiger partial charge on any atom is -0.494 e. The molecular formula is C25H27FN2O5S. The summed E-state index contributed by atoms with van der Waals surface area (Å²) in [6.45, 7) is 3.37. The van der Waals surface area contributed by atoms with Crippen molar-refractivity contribution in [2.24, 2.45) is 0 Å². The van der Waals surface area contributed by atoms with Gasteiger partial charge in [0.15, 0.2) is 18.2 Å². The number of amides is 1. The van der Waals surface area contributed by atoms with Crippen molar-refractivity contribution in [1.29, 1.82) is 0 Å². The topological polar surface area (TPSA) is 84.9 Å². The Labute approximate surface area is 199 Å². The highest BCUT2D eigenvalue weighted by Gasteiger charge is 2.21. The first-order chi connectivity index (χ1) is 16.1. The predicted molar refractivity (Wildman–Crippen MR) is 128 cm³/mol. The third-order valence-corrected chi connectivity index (χ3v) is 7.10. The van der Waals surface area contributed by atoms with Crippen LogP contribution in [0.4, 0.5) is 10.1 Å². The van der Waals surface area contributed by atoms with Gasteiger partial charge in [0.25, 0.3) is 15.9 Å². The molecule has 0 radical (unpaired) electrons. The standard InChI is InChI=1S/C25H27FN2O5S/c1-17-5-12-22(13-6-17)34(30,31)28(3)20-8-10-21(11-9-20)33-16-25(29)27-18(2)19-7-14-24(32-4)23(26)15-19/h5-15,18H,16H2,1-4H3,(H,27,29)/t18-/m0/s1. The number of nitrogens with zero attached hydrogens (tertiary/aromatic N) is 1. The van der Waals surface area contributed by atoms with E-state index in [1.165, 1.54) is 30.6 Å². The summed E-state index contributed by atoms with van der Waals surface area (Å²) in [7, 11) is -0.844. The first-order valence-corrected chi connectivity index (χ1v) is 12.0. The average molecular weight is 487 g/mol. The van der Waals surface area contributed by atoms with E-state index in [2.05, 4.69) is 5.32 Å². The van der Waals surface area contributed by atoms with E-state index in [4.69, 9.17) is 9.47 Å². The molecule has 0 heterocycles. The van der Waals surface area contributed by atoms with Gasteiger partial charge in [-0.05, 0) is 67.9 Å². The smallest absolute Gasteiger partial charge is 0.264 e. The Kier molecular flexibility index (Phi) is 7.78. The number of carbonyl (C=O) groups is 1. The molecule has 7 nitrogen and oxygen atoms in total. The number of hydrogen-bond donors (Lipinski definition) is 1. The molecule has 34 heavy (non-hydrogen) atoms. The molecule has 0 bridgehead atoms. The van der Waals surface area contributed by atoms with Crippen LogP contribution in [-0.4, -0.2) is 35.1 Å². The summed E-state index contributed by atoms with van der Waals surface area (Å²) in [6, 6.07) is 17.1. The summed E-state index contributed by atoms with van der Waals surface area (Å²) < 4.78 is 51.1. The first-order valence-electron chi connectivity index (χ1n) is 10.5. The fraction of sp³-hybridized carbons (Fsp3) is 0.240. The second-order valence-electron chi connectivity index (χ2n) is 7.75. The van der Waals surface area contributed by atoms with E-state index in [1.807, 2.05) is 6.92 Å². The molecule has 1 N–H and O–H groups in total. The zero-order valence-electron chi connectivity index (χ0n) is 19.4. The number of aryl methyl sites for hydroxylation is 1. The summed E-state index contributed by atoms with van der Waals surface area (Å²) in [4.78, 5) is 12.5. The quantitative estimate of drug-likeness (QED) is 0.490. The monoisotopic (exact) mass is 486 g/mol. The van der Waals surface area contributed by atoms with Gasteiger partial charge in [-0.1, -0.05) is 23.8 Å². The Morgan fingerprint density at radius 2 is 1.71 bits per heavy atom. The molecule has 0 saturated carbocycles. The number of benzene rings is 3. The van der Waals surface area contributed by atoms with Crippen LogP contribution in [0.1, 0.15) is 24.1 Å². The summed E-state index contributed by atoms with van der Waals surface area (Å²) in [5.74, 6) is -0.354. The highest BCUT2D eigenvalue weighted by Crippen LogP contribution is 2.25. The van der Waals surface area contributed by atoms with E-state index in [9.17, 15) is 17.6 Å². The van der Waals surface area contributed by atoms with Crippen LogP contribution >= 0.6 is 0 Å². The third-order valence-electron chi connectivity index (χ3n) is 5.30. The lowest BCUT2D eigenvalue weighted by Crippen LogP contribution is -2.31. The largest absolute Gasteiger partial charge is 0.494 e. The Morgan fingerprint density at radius 1 is 1.06 bits per heavy atom.